The van der Waals surface area contributed by atoms with Gasteiger partial charge in [0.05, 0.1) is 12.8 Å². The zero-order valence-electron chi connectivity index (χ0n) is 12.7. The first-order valence-corrected chi connectivity index (χ1v) is 8.36. The van der Waals surface area contributed by atoms with Gasteiger partial charge in [-0.05, 0) is 25.0 Å². The minimum absolute atomic E-state index is 0.283. The Morgan fingerprint density at radius 3 is 2.38 bits per heavy atom. The standard InChI is InChI=1S/C14H21O6P/c1-5-14(6-2)21(16,20-17-4)19-13-9-7-8-12(10-13)18-11(3)15/h7-10,14H,5-6H2,1-4H3. The second-order valence-electron chi connectivity index (χ2n) is 4.41. The summed E-state index contributed by atoms with van der Waals surface area (Å²) in [5.41, 5.74) is -0.283. The SMILES string of the molecule is CCC(CC)P(=O)(OOC)Oc1cccc(OC(C)=O)c1. The van der Waals surface area contributed by atoms with Crippen LogP contribution in [0, 0.1) is 0 Å². The third-order valence-corrected chi connectivity index (χ3v) is 5.31. The van der Waals surface area contributed by atoms with Gasteiger partial charge in [-0.3, -0.25) is 4.79 Å². The van der Waals surface area contributed by atoms with Crippen LogP contribution in [0.3, 0.4) is 0 Å². The van der Waals surface area contributed by atoms with Gasteiger partial charge in [0.15, 0.2) is 0 Å². The van der Waals surface area contributed by atoms with Gasteiger partial charge in [-0.25, -0.2) is 9.45 Å². The summed E-state index contributed by atoms with van der Waals surface area (Å²) in [7, 11) is -2.18. The molecule has 0 aliphatic heterocycles. The molecule has 0 saturated carbocycles. The van der Waals surface area contributed by atoms with Crippen molar-refractivity contribution in [3.05, 3.63) is 24.3 Å². The monoisotopic (exact) mass is 316 g/mol. The molecule has 0 saturated heterocycles. The lowest BCUT2D eigenvalue weighted by Crippen LogP contribution is -2.13. The molecule has 7 heteroatoms. The maximum atomic E-state index is 12.8. The average Bonchev–Trinajstić information content (AvgIpc) is 2.39. The van der Waals surface area contributed by atoms with Crippen molar-refractivity contribution in [2.24, 2.45) is 0 Å². The van der Waals surface area contributed by atoms with Crippen molar-refractivity contribution in [3.8, 4) is 11.5 Å². The van der Waals surface area contributed by atoms with E-state index in [9.17, 15) is 9.36 Å². The first-order chi connectivity index (χ1) is 9.95. The summed E-state index contributed by atoms with van der Waals surface area (Å²) in [6.45, 7) is 5.10. The van der Waals surface area contributed by atoms with Gasteiger partial charge in [0.2, 0.25) is 0 Å². The molecule has 0 amide bonds. The van der Waals surface area contributed by atoms with Crippen LogP contribution in [0.1, 0.15) is 33.6 Å². The first kappa shape index (κ1) is 17.7. The highest BCUT2D eigenvalue weighted by atomic mass is 31.2. The molecule has 1 rings (SSSR count). The highest BCUT2D eigenvalue weighted by molar-refractivity contribution is 7.54. The molecule has 21 heavy (non-hydrogen) atoms. The highest BCUT2D eigenvalue weighted by Gasteiger charge is 2.36. The first-order valence-electron chi connectivity index (χ1n) is 6.75. The summed E-state index contributed by atoms with van der Waals surface area (Å²) in [6.07, 6.45) is 1.25. The molecule has 0 bridgehead atoms. The van der Waals surface area contributed by atoms with Crippen molar-refractivity contribution in [1.29, 1.82) is 0 Å². The van der Waals surface area contributed by atoms with Crippen LogP contribution in [0.2, 0.25) is 0 Å². The largest absolute Gasteiger partial charge is 0.427 e. The van der Waals surface area contributed by atoms with Crippen LogP contribution < -0.4 is 9.26 Å². The van der Waals surface area contributed by atoms with Crippen molar-refractivity contribution in [2.75, 3.05) is 7.11 Å². The van der Waals surface area contributed by atoms with E-state index in [1.54, 1.807) is 18.2 Å². The zero-order valence-corrected chi connectivity index (χ0v) is 13.6. The van der Waals surface area contributed by atoms with Crippen LogP contribution in [-0.2, 0) is 18.9 Å². The minimum Gasteiger partial charge on any atom is -0.427 e. The Bertz CT molecular complexity index is 512. The van der Waals surface area contributed by atoms with Gasteiger partial charge < -0.3 is 9.26 Å². The Balaban J connectivity index is 2.98. The van der Waals surface area contributed by atoms with Gasteiger partial charge in [-0.2, -0.15) is 0 Å². The number of esters is 1. The van der Waals surface area contributed by atoms with E-state index in [2.05, 4.69) is 4.89 Å². The van der Waals surface area contributed by atoms with Crippen LogP contribution in [0.4, 0.5) is 0 Å². The maximum absolute atomic E-state index is 12.8. The lowest BCUT2D eigenvalue weighted by Gasteiger charge is -2.23. The lowest BCUT2D eigenvalue weighted by molar-refractivity contribution is -0.185. The van der Waals surface area contributed by atoms with Gasteiger partial charge in [-0.15, -0.1) is 4.67 Å². The van der Waals surface area contributed by atoms with E-state index in [1.807, 2.05) is 13.8 Å². The molecule has 0 radical (unpaired) electrons. The molecule has 0 aromatic heterocycles. The molecule has 0 aliphatic rings. The summed E-state index contributed by atoms with van der Waals surface area (Å²) in [5, 5.41) is 0. The van der Waals surface area contributed by atoms with E-state index in [-0.39, 0.29) is 5.66 Å². The van der Waals surface area contributed by atoms with Crippen LogP contribution in [-0.4, -0.2) is 18.7 Å². The van der Waals surface area contributed by atoms with Crippen LogP contribution in [0.25, 0.3) is 0 Å². The Hall–Kier alpha value is -1.36. The normalized spacial score (nSPS) is 13.8. The Morgan fingerprint density at radius 2 is 1.86 bits per heavy atom. The van der Waals surface area contributed by atoms with E-state index in [0.717, 1.165) is 0 Å². The molecule has 0 aliphatic carbocycles. The highest BCUT2D eigenvalue weighted by Crippen LogP contribution is 2.55. The molecule has 1 atom stereocenters. The fourth-order valence-electron chi connectivity index (χ4n) is 1.90. The maximum Gasteiger partial charge on any atom is 0.409 e. The van der Waals surface area contributed by atoms with Crippen LogP contribution >= 0.6 is 7.60 Å². The molecule has 1 unspecified atom stereocenters. The topological polar surface area (TPSA) is 71.1 Å². The molecule has 1 aromatic rings. The van der Waals surface area contributed by atoms with Crippen LogP contribution in [0.15, 0.2) is 24.3 Å². The van der Waals surface area contributed by atoms with E-state index in [0.29, 0.717) is 24.3 Å². The van der Waals surface area contributed by atoms with Gasteiger partial charge >= 0.3 is 13.6 Å². The molecule has 0 spiro atoms. The number of ether oxygens (including phenoxy) is 1. The van der Waals surface area contributed by atoms with Crippen molar-refractivity contribution < 1.29 is 28.2 Å². The molecular formula is C14H21O6P. The predicted octanol–water partition coefficient (Wildman–Crippen LogP) is 3.95. The van der Waals surface area contributed by atoms with Gasteiger partial charge in [-0.1, -0.05) is 19.9 Å². The quantitative estimate of drug-likeness (QED) is 0.238. The number of rotatable bonds is 8. The predicted molar refractivity (Wildman–Crippen MR) is 78.4 cm³/mol. The molecule has 0 heterocycles. The second kappa shape index (κ2) is 8.17. The van der Waals surface area contributed by atoms with Gasteiger partial charge in [0, 0.05) is 13.0 Å². The van der Waals surface area contributed by atoms with Crippen molar-refractivity contribution in [1.82, 2.24) is 0 Å². The van der Waals surface area contributed by atoms with Crippen molar-refractivity contribution >= 4 is 13.6 Å². The Labute approximate surface area is 124 Å². The fraction of sp³-hybridized carbons (Fsp3) is 0.500. The third-order valence-electron chi connectivity index (χ3n) is 2.87. The van der Waals surface area contributed by atoms with Gasteiger partial charge in [0.25, 0.3) is 0 Å². The summed E-state index contributed by atoms with van der Waals surface area (Å²) >= 11 is 0. The Kier molecular flexibility index (Phi) is 6.89. The molecule has 6 nitrogen and oxygen atoms in total. The number of carbonyl (C=O) groups excluding carboxylic acids is 1. The van der Waals surface area contributed by atoms with E-state index >= 15 is 0 Å². The number of carbonyl (C=O) groups is 1. The van der Waals surface area contributed by atoms with E-state index < -0.39 is 13.6 Å². The molecule has 0 fully saturated rings. The number of benzene rings is 1. The smallest absolute Gasteiger partial charge is 0.409 e. The minimum atomic E-state index is -3.47. The summed E-state index contributed by atoms with van der Waals surface area (Å²) < 4.78 is 28.2. The molecular weight excluding hydrogens is 295 g/mol. The summed E-state index contributed by atoms with van der Waals surface area (Å²) in [6, 6.07) is 6.33. The summed E-state index contributed by atoms with van der Waals surface area (Å²) in [4.78, 5) is 15.5. The van der Waals surface area contributed by atoms with Gasteiger partial charge in [0.1, 0.15) is 11.5 Å². The fourth-order valence-corrected chi connectivity index (χ4v) is 3.71. The molecule has 118 valence electrons. The molecule has 0 N–H and O–H groups in total. The lowest BCUT2D eigenvalue weighted by atomic mass is 10.3. The van der Waals surface area contributed by atoms with Crippen LogP contribution in [0.5, 0.6) is 11.5 Å². The number of hydrogen-bond donors (Lipinski definition) is 0. The molecule has 1 aromatic carbocycles. The second-order valence-corrected chi connectivity index (χ2v) is 6.55. The summed E-state index contributed by atoms with van der Waals surface area (Å²) in [5.74, 6) is 0.165. The van der Waals surface area contributed by atoms with Crippen molar-refractivity contribution in [3.63, 3.8) is 0 Å². The third kappa shape index (κ3) is 5.16. The Morgan fingerprint density at radius 1 is 1.24 bits per heavy atom. The van der Waals surface area contributed by atoms with E-state index in [1.165, 1.54) is 20.1 Å². The van der Waals surface area contributed by atoms with E-state index in [4.69, 9.17) is 13.9 Å². The number of hydrogen-bond acceptors (Lipinski definition) is 6. The average molecular weight is 316 g/mol. The van der Waals surface area contributed by atoms with Crippen molar-refractivity contribution in [2.45, 2.75) is 39.3 Å². The zero-order chi connectivity index (χ0) is 15.9.